The average molecular weight is 236 g/mol. The second-order valence-electron chi connectivity index (χ2n) is 5.41. The summed E-state index contributed by atoms with van der Waals surface area (Å²) < 4.78 is 2.20. The molecule has 4 heteroatoms. The molecule has 0 spiro atoms. The average Bonchev–Trinajstić information content (AvgIpc) is 2.95. The number of nitrogens with two attached hydrogens (primary N) is 1. The van der Waals surface area contributed by atoms with Crippen molar-refractivity contribution in [1.82, 2.24) is 15.0 Å². The molecule has 0 radical (unpaired) electrons. The highest BCUT2D eigenvalue weighted by atomic mass is 15.2. The number of nitrogens with one attached hydrogen (secondary N) is 1. The Bertz CT molecular complexity index is 352. The van der Waals surface area contributed by atoms with Crippen LogP contribution < -0.4 is 11.3 Å². The smallest absolute Gasteiger partial charge is 0.110 e. The first kappa shape index (κ1) is 12.6. The largest absolute Gasteiger partial charge is 0.335 e. The molecule has 17 heavy (non-hydrogen) atoms. The van der Waals surface area contributed by atoms with Crippen molar-refractivity contribution >= 4 is 0 Å². The van der Waals surface area contributed by atoms with E-state index < -0.39 is 0 Å². The van der Waals surface area contributed by atoms with E-state index >= 15 is 0 Å². The van der Waals surface area contributed by atoms with Crippen molar-refractivity contribution in [3.63, 3.8) is 0 Å². The summed E-state index contributed by atoms with van der Waals surface area (Å²) in [4.78, 5) is 4.44. The van der Waals surface area contributed by atoms with Crippen LogP contribution in [0.1, 0.15) is 45.4 Å². The summed E-state index contributed by atoms with van der Waals surface area (Å²) in [5, 5.41) is 0. The van der Waals surface area contributed by atoms with Crippen molar-refractivity contribution < 1.29 is 0 Å². The number of aryl methyl sites for hydroxylation is 1. The molecule has 0 bridgehead atoms. The zero-order valence-corrected chi connectivity index (χ0v) is 10.9. The molecular formula is C13H24N4. The minimum atomic E-state index is 0.331. The van der Waals surface area contributed by atoms with Gasteiger partial charge < -0.3 is 4.57 Å². The minimum absolute atomic E-state index is 0.331. The molecule has 0 amide bonds. The maximum atomic E-state index is 5.76. The lowest BCUT2D eigenvalue weighted by Crippen LogP contribution is -2.47. The third kappa shape index (κ3) is 2.53. The Morgan fingerprint density at radius 1 is 1.53 bits per heavy atom. The molecule has 96 valence electrons. The molecule has 1 atom stereocenters. The van der Waals surface area contributed by atoms with Crippen molar-refractivity contribution in [2.45, 2.75) is 58.5 Å². The molecule has 1 saturated carbocycles. The number of imidazole rings is 1. The van der Waals surface area contributed by atoms with Crippen LogP contribution in [0, 0.1) is 5.41 Å². The van der Waals surface area contributed by atoms with Gasteiger partial charge in [-0.1, -0.05) is 19.8 Å². The molecule has 0 saturated heterocycles. The van der Waals surface area contributed by atoms with Gasteiger partial charge in [-0.15, -0.1) is 0 Å². The summed E-state index contributed by atoms with van der Waals surface area (Å²) >= 11 is 0. The third-order valence-electron chi connectivity index (χ3n) is 4.32. The summed E-state index contributed by atoms with van der Waals surface area (Å²) in [6.07, 6.45) is 10.0. The fraction of sp³-hybridized carbons (Fsp3) is 0.769. The van der Waals surface area contributed by atoms with E-state index in [1.165, 1.54) is 25.7 Å². The lowest BCUT2D eigenvalue weighted by Gasteiger charge is -2.33. The normalized spacial score (nSPS) is 20.6. The first-order chi connectivity index (χ1) is 8.19. The Morgan fingerprint density at radius 2 is 2.24 bits per heavy atom. The summed E-state index contributed by atoms with van der Waals surface area (Å²) in [7, 11) is 0. The Morgan fingerprint density at radius 3 is 2.82 bits per heavy atom. The van der Waals surface area contributed by atoms with Crippen molar-refractivity contribution in [1.29, 1.82) is 0 Å². The zero-order chi connectivity index (χ0) is 12.3. The Balaban J connectivity index is 2.09. The summed E-state index contributed by atoms with van der Waals surface area (Å²) in [6, 6.07) is 0.331. The van der Waals surface area contributed by atoms with Crippen molar-refractivity contribution in [3.05, 3.63) is 18.2 Å². The number of hydrogen-bond acceptors (Lipinski definition) is 3. The van der Waals surface area contributed by atoms with Gasteiger partial charge in [0.05, 0.1) is 0 Å². The van der Waals surface area contributed by atoms with Crippen molar-refractivity contribution in [3.8, 4) is 0 Å². The maximum Gasteiger partial charge on any atom is 0.110 e. The van der Waals surface area contributed by atoms with Gasteiger partial charge in [0, 0.05) is 31.4 Å². The molecule has 1 unspecified atom stereocenters. The maximum absolute atomic E-state index is 5.76. The number of aromatic nitrogens is 2. The first-order valence-corrected chi connectivity index (χ1v) is 6.66. The standard InChI is InChI=1S/C13H24N4/c1-3-17-9-8-15-12(17)10-11(16-14)13(2)6-4-5-7-13/h8-9,11,16H,3-7,10,14H2,1-2H3. The molecule has 1 aliphatic carbocycles. The molecule has 0 aromatic carbocycles. The summed E-state index contributed by atoms with van der Waals surface area (Å²) in [5.74, 6) is 6.90. The van der Waals surface area contributed by atoms with Gasteiger partial charge in [0.1, 0.15) is 5.82 Å². The SMILES string of the molecule is CCn1ccnc1CC(NN)C1(C)CCCC1. The van der Waals surface area contributed by atoms with E-state index in [0.29, 0.717) is 11.5 Å². The molecule has 4 nitrogen and oxygen atoms in total. The van der Waals surface area contributed by atoms with Crippen molar-refractivity contribution in [2.24, 2.45) is 11.3 Å². The molecule has 1 aliphatic rings. The van der Waals surface area contributed by atoms with Crippen LogP contribution >= 0.6 is 0 Å². The van der Waals surface area contributed by atoms with Gasteiger partial charge in [0.25, 0.3) is 0 Å². The van der Waals surface area contributed by atoms with Gasteiger partial charge in [0.2, 0.25) is 0 Å². The van der Waals surface area contributed by atoms with Crippen LogP contribution in [0.4, 0.5) is 0 Å². The van der Waals surface area contributed by atoms with E-state index in [1.54, 1.807) is 0 Å². The third-order valence-corrected chi connectivity index (χ3v) is 4.32. The van der Waals surface area contributed by atoms with E-state index in [0.717, 1.165) is 18.8 Å². The Kier molecular flexibility index (Phi) is 3.84. The van der Waals surface area contributed by atoms with Gasteiger partial charge in [-0.25, -0.2) is 4.98 Å². The fourth-order valence-electron chi connectivity index (χ4n) is 3.04. The minimum Gasteiger partial charge on any atom is -0.335 e. The highest BCUT2D eigenvalue weighted by Crippen LogP contribution is 2.41. The second kappa shape index (κ2) is 5.19. The number of rotatable bonds is 5. The van der Waals surface area contributed by atoms with Crippen molar-refractivity contribution in [2.75, 3.05) is 0 Å². The van der Waals surface area contributed by atoms with Crippen LogP contribution in [0.25, 0.3) is 0 Å². The van der Waals surface area contributed by atoms with Crippen LogP contribution in [0.2, 0.25) is 0 Å². The highest BCUT2D eigenvalue weighted by Gasteiger charge is 2.36. The number of hydrogen-bond donors (Lipinski definition) is 2. The number of nitrogens with zero attached hydrogens (tertiary/aromatic N) is 2. The zero-order valence-electron chi connectivity index (χ0n) is 10.9. The predicted molar refractivity (Wildman–Crippen MR) is 69.3 cm³/mol. The fourth-order valence-corrected chi connectivity index (χ4v) is 3.04. The number of hydrazine groups is 1. The van der Waals surface area contributed by atoms with E-state index in [9.17, 15) is 0 Å². The Labute approximate surface area is 104 Å². The monoisotopic (exact) mass is 236 g/mol. The lowest BCUT2D eigenvalue weighted by atomic mass is 9.79. The first-order valence-electron chi connectivity index (χ1n) is 6.66. The molecular weight excluding hydrogens is 212 g/mol. The molecule has 0 aliphatic heterocycles. The highest BCUT2D eigenvalue weighted by molar-refractivity contribution is 5.00. The second-order valence-corrected chi connectivity index (χ2v) is 5.41. The van der Waals surface area contributed by atoms with Gasteiger partial charge in [-0.2, -0.15) is 0 Å². The van der Waals surface area contributed by atoms with Crippen LogP contribution in [-0.4, -0.2) is 15.6 Å². The van der Waals surface area contributed by atoms with Gasteiger partial charge >= 0.3 is 0 Å². The van der Waals surface area contributed by atoms with Gasteiger partial charge in [0.15, 0.2) is 0 Å². The van der Waals surface area contributed by atoms with Crippen LogP contribution in [0.5, 0.6) is 0 Å². The quantitative estimate of drug-likeness (QED) is 0.606. The van der Waals surface area contributed by atoms with Crippen LogP contribution in [0.3, 0.4) is 0 Å². The van der Waals surface area contributed by atoms with E-state index in [-0.39, 0.29) is 0 Å². The molecule has 1 heterocycles. The van der Waals surface area contributed by atoms with E-state index in [2.05, 4.69) is 28.8 Å². The molecule has 3 N–H and O–H groups in total. The molecule has 1 fully saturated rings. The summed E-state index contributed by atoms with van der Waals surface area (Å²) in [6.45, 7) is 5.47. The van der Waals surface area contributed by atoms with Gasteiger partial charge in [-0.05, 0) is 25.2 Å². The lowest BCUT2D eigenvalue weighted by molar-refractivity contribution is 0.217. The Hall–Kier alpha value is -0.870. The van der Waals surface area contributed by atoms with Gasteiger partial charge in [-0.3, -0.25) is 11.3 Å². The van der Waals surface area contributed by atoms with Crippen LogP contribution in [0.15, 0.2) is 12.4 Å². The topological polar surface area (TPSA) is 55.9 Å². The molecule has 1 aromatic rings. The van der Waals surface area contributed by atoms with Crippen LogP contribution in [-0.2, 0) is 13.0 Å². The van der Waals surface area contributed by atoms with E-state index in [1.807, 2.05) is 12.4 Å². The van der Waals surface area contributed by atoms with E-state index in [4.69, 9.17) is 5.84 Å². The summed E-state index contributed by atoms with van der Waals surface area (Å²) in [5.41, 5.74) is 3.35. The molecule has 2 rings (SSSR count). The molecule has 1 aromatic heterocycles. The predicted octanol–water partition coefficient (Wildman–Crippen LogP) is 1.86.